The van der Waals surface area contributed by atoms with Gasteiger partial charge in [0.1, 0.15) is 17.9 Å². The Labute approximate surface area is 171 Å². The third-order valence-corrected chi connectivity index (χ3v) is 4.68. The van der Waals surface area contributed by atoms with Gasteiger partial charge >= 0.3 is 0 Å². The fraction of sp³-hybridized carbons (Fsp3) is 0.182. The number of fused-ring (bicyclic) bond motifs is 1. The molecule has 1 amide bonds. The zero-order valence-corrected chi connectivity index (χ0v) is 16.5. The van der Waals surface area contributed by atoms with E-state index in [-0.39, 0.29) is 24.2 Å². The van der Waals surface area contributed by atoms with Gasteiger partial charge in [-0.3, -0.25) is 9.59 Å². The first-order valence-electron chi connectivity index (χ1n) is 9.53. The number of para-hydroxylation sites is 1. The SMILES string of the molecule is CC(C)c1nn(CC(=O)Nc2ccccc2)c(=O)c2c1cnn2-c1ccc(F)cc1. The summed E-state index contributed by atoms with van der Waals surface area (Å²) < 4.78 is 15.9. The fourth-order valence-electron chi connectivity index (χ4n) is 3.26. The summed E-state index contributed by atoms with van der Waals surface area (Å²) in [5.74, 6) is -0.741. The van der Waals surface area contributed by atoms with Crippen LogP contribution in [0.4, 0.5) is 10.1 Å². The quantitative estimate of drug-likeness (QED) is 0.551. The number of amides is 1. The summed E-state index contributed by atoms with van der Waals surface area (Å²) in [6.45, 7) is 3.67. The van der Waals surface area contributed by atoms with Gasteiger partial charge in [0.15, 0.2) is 0 Å². The predicted molar refractivity (Wildman–Crippen MR) is 112 cm³/mol. The number of carbonyl (C=O) groups excluding carboxylic acids is 1. The Hall–Kier alpha value is -3.81. The second kappa shape index (κ2) is 7.90. The van der Waals surface area contributed by atoms with Gasteiger partial charge in [0.05, 0.1) is 17.6 Å². The molecule has 1 N–H and O–H groups in total. The molecule has 7 nitrogen and oxygen atoms in total. The topological polar surface area (TPSA) is 81.8 Å². The van der Waals surface area contributed by atoms with Gasteiger partial charge in [-0.15, -0.1) is 0 Å². The first-order valence-corrected chi connectivity index (χ1v) is 9.53. The molecule has 0 aliphatic carbocycles. The van der Waals surface area contributed by atoms with Crippen molar-refractivity contribution in [2.24, 2.45) is 0 Å². The third kappa shape index (κ3) is 3.71. The van der Waals surface area contributed by atoms with Crippen molar-refractivity contribution in [1.29, 1.82) is 0 Å². The van der Waals surface area contributed by atoms with Gasteiger partial charge in [0.2, 0.25) is 5.91 Å². The molecule has 0 radical (unpaired) electrons. The molecule has 0 fully saturated rings. The second-order valence-electron chi connectivity index (χ2n) is 7.21. The van der Waals surface area contributed by atoms with Gasteiger partial charge in [-0.05, 0) is 42.3 Å². The average molecular weight is 405 g/mol. The van der Waals surface area contributed by atoms with E-state index in [9.17, 15) is 14.0 Å². The Bertz CT molecular complexity index is 1260. The summed E-state index contributed by atoms with van der Waals surface area (Å²) in [4.78, 5) is 25.7. The van der Waals surface area contributed by atoms with Crippen molar-refractivity contribution in [2.45, 2.75) is 26.3 Å². The van der Waals surface area contributed by atoms with E-state index in [1.807, 2.05) is 32.0 Å². The van der Waals surface area contributed by atoms with Crippen LogP contribution in [-0.2, 0) is 11.3 Å². The smallest absolute Gasteiger partial charge is 0.293 e. The van der Waals surface area contributed by atoms with E-state index in [2.05, 4.69) is 15.5 Å². The van der Waals surface area contributed by atoms with Gasteiger partial charge in [-0.25, -0.2) is 13.8 Å². The van der Waals surface area contributed by atoms with E-state index in [1.165, 1.54) is 16.8 Å². The van der Waals surface area contributed by atoms with Crippen LogP contribution in [0.5, 0.6) is 0 Å². The van der Waals surface area contributed by atoms with Crippen molar-refractivity contribution >= 4 is 22.5 Å². The van der Waals surface area contributed by atoms with E-state index in [1.54, 1.807) is 30.5 Å². The highest BCUT2D eigenvalue weighted by atomic mass is 19.1. The summed E-state index contributed by atoms with van der Waals surface area (Å²) in [6.07, 6.45) is 1.58. The van der Waals surface area contributed by atoms with Gasteiger partial charge < -0.3 is 5.32 Å². The maximum absolute atomic E-state index is 13.3. The summed E-state index contributed by atoms with van der Waals surface area (Å²) in [6, 6.07) is 14.7. The molecule has 2 aromatic carbocycles. The Balaban J connectivity index is 1.79. The fourth-order valence-corrected chi connectivity index (χ4v) is 3.26. The number of anilines is 1. The van der Waals surface area contributed by atoms with Crippen molar-refractivity contribution in [2.75, 3.05) is 5.32 Å². The molecule has 0 saturated heterocycles. The predicted octanol–water partition coefficient (Wildman–Crippen LogP) is 3.48. The molecule has 30 heavy (non-hydrogen) atoms. The van der Waals surface area contributed by atoms with Gasteiger partial charge in [-0.2, -0.15) is 10.2 Å². The van der Waals surface area contributed by atoms with Crippen LogP contribution in [0, 0.1) is 5.82 Å². The molecule has 0 saturated carbocycles. The number of hydrogen-bond donors (Lipinski definition) is 1. The molecule has 4 aromatic rings. The molecular weight excluding hydrogens is 385 g/mol. The third-order valence-electron chi connectivity index (χ3n) is 4.68. The van der Waals surface area contributed by atoms with Crippen molar-refractivity contribution < 1.29 is 9.18 Å². The van der Waals surface area contributed by atoms with Gasteiger partial charge in [0, 0.05) is 11.1 Å². The first kappa shape index (κ1) is 19.5. The van der Waals surface area contributed by atoms with E-state index in [0.717, 1.165) is 4.68 Å². The van der Waals surface area contributed by atoms with Crippen LogP contribution in [0.1, 0.15) is 25.5 Å². The monoisotopic (exact) mass is 405 g/mol. The molecule has 0 aliphatic rings. The first-order chi connectivity index (χ1) is 14.4. The van der Waals surface area contributed by atoms with Crippen LogP contribution in [0.2, 0.25) is 0 Å². The molecule has 0 spiro atoms. The molecule has 0 atom stereocenters. The molecular formula is C22H20FN5O2. The van der Waals surface area contributed by atoms with Crippen LogP contribution >= 0.6 is 0 Å². The lowest BCUT2D eigenvalue weighted by molar-refractivity contribution is -0.117. The number of nitrogens with one attached hydrogen (secondary N) is 1. The van der Waals surface area contributed by atoms with Crippen LogP contribution in [0.15, 0.2) is 65.6 Å². The van der Waals surface area contributed by atoms with Crippen molar-refractivity contribution in [3.05, 3.63) is 82.7 Å². The van der Waals surface area contributed by atoms with E-state index in [4.69, 9.17) is 0 Å². The highest BCUT2D eigenvalue weighted by Crippen LogP contribution is 2.23. The molecule has 4 rings (SSSR count). The number of nitrogens with zero attached hydrogens (tertiary/aromatic N) is 4. The maximum atomic E-state index is 13.3. The lowest BCUT2D eigenvalue weighted by atomic mass is 10.1. The van der Waals surface area contributed by atoms with Crippen LogP contribution in [0.25, 0.3) is 16.6 Å². The summed E-state index contributed by atoms with van der Waals surface area (Å²) >= 11 is 0. The summed E-state index contributed by atoms with van der Waals surface area (Å²) in [5, 5.41) is 12.1. The second-order valence-corrected chi connectivity index (χ2v) is 7.21. The minimum absolute atomic E-state index is 0.00222. The molecule has 0 aliphatic heterocycles. The number of benzene rings is 2. The largest absolute Gasteiger partial charge is 0.324 e. The Morgan fingerprint density at radius 3 is 2.47 bits per heavy atom. The van der Waals surface area contributed by atoms with Crippen molar-refractivity contribution in [1.82, 2.24) is 19.6 Å². The standard InChI is InChI=1S/C22H20FN5O2/c1-14(2)20-18-12-24-28(17-10-8-15(23)9-11-17)21(18)22(30)27(26-20)13-19(29)25-16-6-4-3-5-7-16/h3-12,14H,13H2,1-2H3,(H,25,29). The minimum Gasteiger partial charge on any atom is -0.324 e. The van der Waals surface area contributed by atoms with Gasteiger partial charge in [-0.1, -0.05) is 32.0 Å². The number of halogens is 1. The number of hydrogen-bond acceptors (Lipinski definition) is 4. The van der Waals surface area contributed by atoms with Crippen molar-refractivity contribution in [3.63, 3.8) is 0 Å². The maximum Gasteiger partial charge on any atom is 0.293 e. The van der Waals surface area contributed by atoms with Gasteiger partial charge in [0.25, 0.3) is 5.56 Å². The Morgan fingerprint density at radius 2 is 1.80 bits per heavy atom. The van der Waals surface area contributed by atoms with Crippen molar-refractivity contribution in [3.8, 4) is 5.69 Å². The molecule has 0 bridgehead atoms. The summed E-state index contributed by atoms with van der Waals surface area (Å²) in [7, 11) is 0. The number of rotatable bonds is 5. The highest BCUT2D eigenvalue weighted by molar-refractivity contribution is 5.90. The van der Waals surface area contributed by atoms with E-state index >= 15 is 0 Å². The molecule has 2 heterocycles. The van der Waals surface area contributed by atoms with E-state index < -0.39 is 5.56 Å². The lowest BCUT2D eigenvalue weighted by Gasteiger charge is -2.12. The number of aromatic nitrogens is 4. The average Bonchev–Trinajstić information content (AvgIpc) is 3.16. The van der Waals surface area contributed by atoms with E-state index in [0.29, 0.717) is 28.0 Å². The Kier molecular flexibility index (Phi) is 5.14. The minimum atomic E-state index is -0.445. The zero-order valence-electron chi connectivity index (χ0n) is 16.5. The molecule has 2 aromatic heterocycles. The summed E-state index contributed by atoms with van der Waals surface area (Å²) in [5.41, 5.74) is 1.69. The molecule has 8 heteroatoms. The zero-order chi connectivity index (χ0) is 21.3. The number of carbonyl (C=O) groups is 1. The molecule has 152 valence electrons. The van der Waals surface area contributed by atoms with Crippen LogP contribution < -0.4 is 10.9 Å². The highest BCUT2D eigenvalue weighted by Gasteiger charge is 2.20. The molecule has 0 unspecified atom stereocenters. The van der Waals surface area contributed by atoms with Crippen LogP contribution in [-0.4, -0.2) is 25.5 Å². The lowest BCUT2D eigenvalue weighted by Crippen LogP contribution is -2.31. The van der Waals surface area contributed by atoms with Crippen LogP contribution in [0.3, 0.4) is 0 Å². The Morgan fingerprint density at radius 1 is 1.10 bits per heavy atom. The normalized spacial score (nSPS) is 11.2.